The molecule has 2 heterocycles. The van der Waals surface area contributed by atoms with Crippen molar-refractivity contribution in [1.29, 1.82) is 0 Å². The van der Waals surface area contributed by atoms with E-state index in [2.05, 4.69) is 56.0 Å². The van der Waals surface area contributed by atoms with Crippen LogP contribution in [0.1, 0.15) is 106 Å². The first-order valence-electron chi connectivity index (χ1n) is 15.1. The van der Waals surface area contributed by atoms with Crippen molar-refractivity contribution in [2.45, 2.75) is 108 Å². The van der Waals surface area contributed by atoms with Crippen LogP contribution in [0.15, 0.2) is 64.5 Å². The number of aromatic nitrogens is 3. The zero-order valence-electron chi connectivity index (χ0n) is 24.5. The van der Waals surface area contributed by atoms with E-state index in [1.807, 2.05) is 12.3 Å². The van der Waals surface area contributed by atoms with Crippen molar-refractivity contribution in [2.24, 2.45) is 0 Å². The van der Waals surface area contributed by atoms with E-state index in [0.717, 1.165) is 19.4 Å². The normalized spacial score (nSPS) is 11.0. The van der Waals surface area contributed by atoms with Crippen molar-refractivity contribution in [2.75, 3.05) is 11.6 Å². The topological polar surface area (TPSA) is 101 Å². The van der Waals surface area contributed by atoms with Crippen molar-refractivity contribution in [1.82, 2.24) is 15.5 Å². The SMILES string of the molecule is CSc1nnc(CNC(=O)c2ccccc2NC(=O)CCCCCCCCCCCCCCC[n+]2ccccc2)o1. The van der Waals surface area contributed by atoms with Gasteiger partial charge in [-0.05, 0) is 31.2 Å². The maximum atomic E-state index is 12.7. The molecular formula is C32H46N5O3S+. The van der Waals surface area contributed by atoms with Crippen molar-refractivity contribution in [3.05, 3.63) is 66.3 Å². The highest BCUT2D eigenvalue weighted by molar-refractivity contribution is 7.98. The molecule has 0 bridgehead atoms. The van der Waals surface area contributed by atoms with Gasteiger partial charge < -0.3 is 15.1 Å². The van der Waals surface area contributed by atoms with Crippen molar-refractivity contribution >= 4 is 29.3 Å². The Balaban J connectivity index is 1.16. The lowest BCUT2D eigenvalue weighted by atomic mass is 10.0. The van der Waals surface area contributed by atoms with Gasteiger partial charge in [-0.2, -0.15) is 0 Å². The van der Waals surface area contributed by atoms with Gasteiger partial charge in [-0.25, -0.2) is 4.57 Å². The predicted octanol–water partition coefficient (Wildman–Crippen LogP) is 7.11. The maximum Gasteiger partial charge on any atom is 0.276 e. The minimum Gasteiger partial charge on any atom is -0.414 e. The van der Waals surface area contributed by atoms with E-state index in [4.69, 9.17) is 4.42 Å². The zero-order chi connectivity index (χ0) is 29.0. The molecule has 9 heteroatoms. The molecule has 2 N–H and O–H groups in total. The van der Waals surface area contributed by atoms with E-state index < -0.39 is 0 Å². The number of hydrogen-bond donors (Lipinski definition) is 2. The lowest BCUT2D eigenvalue weighted by molar-refractivity contribution is -0.697. The summed E-state index contributed by atoms with van der Waals surface area (Å²) in [7, 11) is 0. The third-order valence-electron chi connectivity index (χ3n) is 7.07. The molecule has 0 aliphatic heterocycles. The molecular weight excluding hydrogens is 534 g/mol. The molecule has 1 aromatic carbocycles. The number of unbranched alkanes of at least 4 members (excludes halogenated alkanes) is 12. The number of rotatable bonds is 21. The van der Waals surface area contributed by atoms with Gasteiger partial charge in [0.1, 0.15) is 6.54 Å². The molecule has 3 rings (SSSR count). The number of carbonyl (C=O) groups excluding carboxylic acids is 2. The van der Waals surface area contributed by atoms with E-state index >= 15 is 0 Å². The number of aryl methyl sites for hydroxylation is 1. The summed E-state index contributed by atoms with van der Waals surface area (Å²) >= 11 is 1.35. The van der Waals surface area contributed by atoms with E-state index in [9.17, 15) is 9.59 Å². The number of carbonyl (C=O) groups is 2. The second kappa shape index (κ2) is 19.8. The number of thioether (sulfide) groups is 1. The molecule has 0 radical (unpaired) electrons. The molecule has 2 aromatic heterocycles. The summed E-state index contributed by atoms with van der Waals surface area (Å²) in [5.41, 5.74) is 0.920. The number of pyridine rings is 1. The number of nitrogens with zero attached hydrogens (tertiary/aromatic N) is 3. The van der Waals surface area contributed by atoms with Gasteiger partial charge >= 0.3 is 0 Å². The van der Waals surface area contributed by atoms with Gasteiger partial charge in [0.25, 0.3) is 11.1 Å². The lowest BCUT2D eigenvalue weighted by Crippen LogP contribution is -2.32. The van der Waals surface area contributed by atoms with E-state index in [0.29, 0.717) is 28.8 Å². The van der Waals surface area contributed by atoms with Crippen LogP contribution in [-0.4, -0.2) is 28.3 Å². The number of para-hydroxylation sites is 1. The van der Waals surface area contributed by atoms with Crippen LogP contribution < -0.4 is 15.2 Å². The fraction of sp³-hybridized carbons (Fsp3) is 0.531. The highest BCUT2D eigenvalue weighted by Gasteiger charge is 2.14. The fourth-order valence-corrected chi connectivity index (χ4v) is 5.06. The molecule has 2 amide bonds. The van der Waals surface area contributed by atoms with Crippen LogP contribution in [0.4, 0.5) is 5.69 Å². The summed E-state index contributed by atoms with van der Waals surface area (Å²) in [6.45, 7) is 1.26. The summed E-state index contributed by atoms with van der Waals surface area (Å²) in [4.78, 5) is 25.2. The Bertz CT molecular complexity index is 1150. The Morgan fingerprint density at radius 3 is 2.02 bits per heavy atom. The highest BCUT2D eigenvalue weighted by Crippen LogP contribution is 2.17. The second-order valence-electron chi connectivity index (χ2n) is 10.4. The average molecular weight is 581 g/mol. The summed E-state index contributed by atoms with van der Waals surface area (Å²) < 4.78 is 7.66. The summed E-state index contributed by atoms with van der Waals surface area (Å²) in [6, 6.07) is 13.3. The Labute approximate surface area is 249 Å². The van der Waals surface area contributed by atoms with Crippen LogP contribution in [-0.2, 0) is 17.9 Å². The Kier molecular flexibility index (Phi) is 15.6. The standard InChI is InChI=1S/C32H45N5O3S/c1-41-32-36-35-30(40-32)26-33-31(39)27-20-15-16-21-28(27)34-29(38)22-14-11-9-7-5-3-2-4-6-8-10-12-17-23-37-24-18-13-19-25-37/h13,15-16,18-21,24-25H,2-12,14,17,22-23,26H2,1H3,(H-,33,34,38,39)/p+1. The lowest BCUT2D eigenvalue weighted by Gasteiger charge is -2.11. The minimum absolute atomic E-state index is 0.0643. The molecule has 0 atom stereocenters. The third kappa shape index (κ3) is 13.3. The molecule has 0 fully saturated rings. The Morgan fingerprint density at radius 2 is 1.39 bits per heavy atom. The Morgan fingerprint density at radius 1 is 0.780 bits per heavy atom. The van der Waals surface area contributed by atoms with Crippen LogP contribution in [0.5, 0.6) is 0 Å². The summed E-state index contributed by atoms with van der Waals surface area (Å²) in [5, 5.41) is 13.9. The smallest absolute Gasteiger partial charge is 0.276 e. The molecule has 0 aliphatic rings. The van der Waals surface area contributed by atoms with Crippen LogP contribution in [0, 0.1) is 0 Å². The molecule has 0 saturated heterocycles. The molecule has 0 saturated carbocycles. The quantitative estimate of drug-likeness (QED) is 0.0791. The fourth-order valence-electron chi connectivity index (χ4n) is 4.75. The number of hydrogen-bond acceptors (Lipinski definition) is 6. The van der Waals surface area contributed by atoms with Crippen LogP contribution in [0.3, 0.4) is 0 Å². The third-order valence-corrected chi connectivity index (χ3v) is 7.58. The van der Waals surface area contributed by atoms with Crippen molar-refractivity contribution in [3.63, 3.8) is 0 Å². The maximum absolute atomic E-state index is 12.7. The summed E-state index contributed by atoms with van der Waals surface area (Å²) in [6.07, 6.45) is 22.8. The van der Waals surface area contributed by atoms with E-state index in [-0.39, 0.29) is 18.4 Å². The molecule has 8 nitrogen and oxygen atoms in total. The first kappa shape index (κ1) is 32.3. The van der Waals surface area contributed by atoms with Crippen LogP contribution in [0.2, 0.25) is 0 Å². The number of benzene rings is 1. The highest BCUT2D eigenvalue weighted by atomic mass is 32.2. The largest absolute Gasteiger partial charge is 0.414 e. The predicted molar refractivity (Wildman–Crippen MR) is 164 cm³/mol. The van der Waals surface area contributed by atoms with Crippen LogP contribution >= 0.6 is 11.8 Å². The molecule has 222 valence electrons. The van der Waals surface area contributed by atoms with Gasteiger partial charge in [0.15, 0.2) is 12.4 Å². The number of amides is 2. The first-order chi connectivity index (χ1) is 20.2. The molecule has 0 unspecified atom stereocenters. The molecule has 0 spiro atoms. The van der Waals surface area contributed by atoms with Crippen molar-refractivity contribution < 1.29 is 18.6 Å². The monoisotopic (exact) mass is 580 g/mol. The van der Waals surface area contributed by atoms with Gasteiger partial charge in [0.05, 0.1) is 17.8 Å². The van der Waals surface area contributed by atoms with Gasteiger partial charge in [-0.3, -0.25) is 9.59 Å². The molecule has 0 aliphatic carbocycles. The zero-order valence-corrected chi connectivity index (χ0v) is 25.3. The van der Waals surface area contributed by atoms with E-state index in [1.165, 1.54) is 82.4 Å². The molecule has 3 aromatic rings. The van der Waals surface area contributed by atoms with E-state index in [1.54, 1.807) is 18.2 Å². The first-order valence-corrected chi connectivity index (χ1v) is 16.4. The number of anilines is 1. The summed E-state index contributed by atoms with van der Waals surface area (Å²) in [5.74, 6) is -0.0299. The minimum atomic E-state index is -0.303. The average Bonchev–Trinajstić information content (AvgIpc) is 3.47. The molecule has 41 heavy (non-hydrogen) atoms. The van der Waals surface area contributed by atoms with Crippen LogP contribution in [0.25, 0.3) is 0 Å². The number of nitrogens with one attached hydrogen (secondary N) is 2. The van der Waals surface area contributed by atoms with Gasteiger partial charge in [0, 0.05) is 25.0 Å². The van der Waals surface area contributed by atoms with Gasteiger partial charge in [-0.1, -0.05) is 94.2 Å². The van der Waals surface area contributed by atoms with Gasteiger partial charge in [-0.15, -0.1) is 10.2 Å². The van der Waals surface area contributed by atoms with Crippen molar-refractivity contribution in [3.8, 4) is 0 Å². The Hall–Kier alpha value is -3.20. The van der Waals surface area contributed by atoms with Gasteiger partial charge in [0.2, 0.25) is 11.8 Å². The second-order valence-corrected chi connectivity index (χ2v) is 11.2.